The Morgan fingerprint density at radius 3 is 2.70 bits per heavy atom. The fourth-order valence-corrected chi connectivity index (χ4v) is 0.829. The summed E-state index contributed by atoms with van der Waals surface area (Å²) >= 11 is 5.48. The Labute approximate surface area is 67.6 Å². The maximum atomic E-state index is 5.48. The molecule has 0 saturated heterocycles. The molecule has 0 fully saturated rings. The van der Waals surface area contributed by atoms with Gasteiger partial charge in [-0.25, -0.2) is 0 Å². The third-order valence-corrected chi connectivity index (χ3v) is 1.59. The minimum absolute atomic E-state index is 0.700. The summed E-state index contributed by atoms with van der Waals surface area (Å²) in [5.41, 5.74) is 8.12. The molecule has 10 heavy (non-hydrogen) atoms. The summed E-state index contributed by atoms with van der Waals surface area (Å²) in [5, 5.41) is 0. The minimum Gasteiger partial charge on any atom is -0.329 e. The van der Waals surface area contributed by atoms with E-state index in [1.54, 1.807) is 5.54 Å². The van der Waals surface area contributed by atoms with Crippen LogP contribution in [0.1, 0.15) is 6.92 Å². The number of nitrogens with zero attached hydrogens (tertiary/aromatic N) is 1. The van der Waals surface area contributed by atoms with Crippen molar-refractivity contribution in [3.8, 4) is 0 Å². The molecule has 0 radical (unpaired) electrons. The van der Waals surface area contributed by atoms with Gasteiger partial charge in [0.25, 0.3) is 0 Å². The molecule has 0 atom stereocenters. The second-order valence-electron chi connectivity index (χ2n) is 2.48. The molecule has 0 aromatic carbocycles. The first kappa shape index (κ1) is 9.95. The predicted molar refractivity (Wildman–Crippen MR) is 46.2 cm³/mol. The monoisotopic (exact) mass is 162 g/mol. The zero-order valence-corrected chi connectivity index (χ0v) is 7.36. The van der Waals surface area contributed by atoms with Gasteiger partial charge in [0.1, 0.15) is 0 Å². The highest BCUT2D eigenvalue weighted by Crippen LogP contribution is 1.96. The number of hydrogen-bond acceptors (Lipinski definition) is 2. The predicted octanol–water partition coefficient (Wildman–Crippen LogP) is 1.02. The van der Waals surface area contributed by atoms with Crippen molar-refractivity contribution in [2.45, 2.75) is 6.92 Å². The smallest absolute Gasteiger partial charge is 0.0199 e. The van der Waals surface area contributed by atoms with Gasteiger partial charge >= 0.3 is 0 Å². The van der Waals surface area contributed by atoms with Crippen molar-refractivity contribution in [1.29, 1.82) is 0 Å². The summed E-state index contributed by atoms with van der Waals surface area (Å²) in [5.74, 6) is 0. The van der Waals surface area contributed by atoms with Gasteiger partial charge in [0.2, 0.25) is 0 Å². The van der Waals surface area contributed by atoms with E-state index in [2.05, 4.69) is 4.90 Å². The number of nitrogens with two attached hydrogens (primary N) is 1. The van der Waals surface area contributed by atoms with Gasteiger partial charge in [-0.15, -0.1) is 0 Å². The van der Waals surface area contributed by atoms with Gasteiger partial charge in [0.05, 0.1) is 0 Å². The van der Waals surface area contributed by atoms with E-state index in [1.807, 2.05) is 14.0 Å². The molecule has 60 valence electrons. The zero-order valence-electron chi connectivity index (χ0n) is 6.60. The summed E-state index contributed by atoms with van der Waals surface area (Å²) in [7, 11) is 2.02. The summed E-state index contributed by atoms with van der Waals surface area (Å²) in [6.07, 6.45) is 0. The van der Waals surface area contributed by atoms with Crippen LogP contribution >= 0.6 is 11.6 Å². The Morgan fingerprint density at radius 2 is 2.30 bits per heavy atom. The van der Waals surface area contributed by atoms with Crippen LogP contribution in [0, 0.1) is 0 Å². The van der Waals surface area contributed by atoms with Crippen LogP contribution < -0.4 is 5.73 Å². The quantitative estimate of drug-likeness (QED) is 0.669. The van der Waals surface area contributed by atoms with Crippen LogP contribution in [0.15, 0.2) is 11.1 Å². The first-order chi connectivity index (χ1) is 4.70. The molecule has 0 amide bonds. The number of rotatable bonds is 4. The summed E-state index contributed by atoms with van der Waals surface area (Å²) in [4.78, 5) is 2.13. The van der Waals surface area contributed by atoms with Gasteiger partial charge < -0.3 is 10.6 Å². The van der Waals surface area contributed by atoms with Crippen LogP contribution in [0.25, 0.3) is 0 Å². The zero-order chi connectivity index (χ0) is 7.98. The van der Waals surface area contributed by atoms with E-state index in [0.717, 1.165) is 18.7 Å². The van der Waals surface area contributed by atoms with Crippen molar-refractivity contribution in [2.75, 3.05) is 26.7 Å². The van der Waals surface area contributed by atoms with E-state index in [1.165, 1.54) is 0 Å². The van der Waals surface area contributed by atoms with Gasteiger partial charge in [0.15, 0.2) is 0 Å². The van der Waals surface area contributed by atoms with Gasteiger partial charge in [-0.1, -0.05) is 11.6 Å². The standard InChI is InChI=1S/C7H15ClN2/c1-7(5-8)6-10(2)4-3-9/h5H,3-4,6,9H2,1-2H3. The number of halogens is 1. The topological polar surface area (TPSA) is 29.3 Å². The molecule has 0 aliphatic rings. The van der Waals surface area contributed by atoms with E-state index >= 15 is 0 Å². The third kappa shape index (κ3) is 4.79. The lowest BCUT2D eigenvalue weighted by Crippen LogP contribution is -2.26. The van der Waals surface area contributed by atoms with E-state index < -0.39 is 0 Å². The molecular formula is C7H15ClN2. The molecule has 0 aromatic heterocycles. The third-order valence-electron chi connectivity index (χ3n) is 1.22. The van der Waals surface area contributed by atoms with Gasteiger partial charge in [-0.05, 0) is 19.5 Å². The molecule has 3 heteroatoms. The van der Waals surface area contributed by atoms with Crippen molar-refractivity contribution in [1.82, 2.24) is 4.90 Å². The van der Waals surface area contributed by atoms with Crippen LogP contribution in [0.3, 0.4) is 0 Å². The summed E-state index contributed by atoms with van der Waals surface area (Å²) < 4.78 is 0. The Morgan fingerprint density at radius 1 is 1.70 bits per heavy atom. The number of hydrogen-bond donors (Lipinski definition) is 1. The van der Waals surface area contributed by atoms with Crippen molar-refractivity contribution < 1.29 is 0 Å². The highest BCUT2D eigenvalue weighted by molar-refractivity contribution is 6.25. The normalized spacial score (nSPS) is 12.7. The summed E-state index contributed by atoms with van der Waals surface area (Å²) in [6, 6.07) is 0. The van der Waals surface area contributed by atoms with Crippen molar-refractivity contribution >= 4 is 11.6 Å². The lowest BCUT2D eigenvalue weighted by atomic mass is 10.3. The van der Waals surface area contributed by atoms with E-state index in [4.69, 9.17) is 17.3 Å². The van der Waals surface area contributed by atoms with Crippen molar-refractivity contribution in [3.63, 3.8) is 0 Å². The molecule has 0 aliphatic carbocycles. The van der Waals surface area contributed by atoms with Crippen LogP contribution in [-0.2, 0) is 0 Å². The van der Waals surface area contributed by atoms with E-state index in [9.17, 15) is 0 Å². The highest BCUT2D eigenvalue weighted by Gasteiger charge is 1.95. The first-order valence-corrected chi connectivity index (χ1v) is 3.78. The Hall–Kier alpha value is -0.0500. The first-order valence-electron chi connectivity index (χ1n) is 3.35. The maximum absolute atomic E-state index is 5.48. The molecule has 0 rings (SSSR count). The van der Waals surface area contributed by atoms with Crippen LogP contribution in [0.5, 0.6) is 0 Å². The second-order valence-corrected chi connectivity index (χ2v) is 2.70. The fourth-order valence-electron chi connectivity index (χ4n) is 0.760. The molecule has 2 N–H and O–H groups in total. The highest BCUT2D eigenvalue weighted by atomic mass is 35.5. The van der Waals surface area contributed by atoms with Gasteiger partial charge in [-0.2, -0.15) is 0 Å². The Kier molecular flexibility index (Phi) is 5.69. The fraction of sp³-hybridized carbons (Fsp3) is 0.714. The van der Waals surface area contributed by atoms with Gasteiger partial charge in [-0.3, -0.25) is 0 Å². The number of likely N-dealkylation sites (N-methyl/N-ethyl adjacent to an activating group) is 1. The van der Waals surface area contributed by atoms with E-state index in [0.29, 0.717) is 6.54 Å². The Bertz CT molecular complexity index is 112. The molecule has 0 bridgehead atoms. The van der Waals surface area contributed by atoms with E-state index in [-0.39, 0.29) is 0 Å². The molecule has 2 nitrogen and oxygen atoms in total. The molecule has 0 heterocycles. The van der Waals surface area contributed by atoms with Crippen LogP contribution in [0.4, 0.5) is 0 Å². The summed E-state index contributed by atoms with van der Waals surface area (Å²) in [6.45, 7) is 4.52. The van der Waals surface area contributed by atoms with Gasteiger partial charge in [0, 0.05) is 25.2 Å². The lowest BCUT2D eigenvalue weighted by molar-refractivity contribution is 0.372. The molecule has 0 aliphatic heterocycles. The minimum atomic E-state index is 0.700. The SMILES string of the molecule is CC(=CCl)CN(C)CCN. The molecule has 0 unspecified atom stereocenters. The van der Waals surface area contributed by atoms with Crippen molar-refractivity contribution in [2.24, 2.45) is 5.73 Å². The average Bonchev–Trinajstić information content (AvgIpc) is 1.88. The molecule has 0 spiro atoms. The largest absolute Gasteiger partial charge is 0.329 e. The van der Waals surface area contributed by atoms with Crippen molar-refractivity contribution in [3.05, 3.63) is 11.1 Å². The second kappa shape index (κ2) is 5.71. The molecular weight excluding hydrogens is 148 g/mol. The maximum Gasteiger partial charge on any atom is 0.0199 e. The molecule has 0 aromatic rings. The average molecular weight is 163 g/mol. The molecule has 0 saturated carbocycles. The van der Waals surface area contributed by atoms with Crippen LogP contribution in [-0.4, -0.2) is 31.6 Å². The Balaban J connectivity index is 3.47. The lowest BCUT2D eigenvalue weighted by Gasteiger charge is -2.14. The van der Waals surface area contributed by atoms with Crippen LogP contribution in [0.2, 0.25) is 0 Å².